The Kier molecular flexibility index (Phi) is 5.05. The predicted octanol–water partition coefficient (Wildman–Crippen LogP) is 4.41. The second-order valence-electron chi connectivity index (χ2n) is 5.50. The Morgan fingerprint density at radius 1 is 1.00 bits per heavy atom. The summed E-state index contributed by atoms with van der Waals surface area (Å²) in [4.78, 5) is 8.67. The number of hydrogen-bond donors (Lipinski definition) is 1. The molecule has 1 aromatic heterocycles. The number of benzene rings is 2. The Labute approximate surface area is 151 Å². The highest BCUT2D eigenvalue weighted by atomic mass is 35.5. The lowest BCUT2D eigenvalue weighted by Crippen LogP contribution is -2.05. The van der Waals surface area contributed by atoms with Crippen LogP contribution in [0.15, 0.2) is 48.5 Å². The van der Waals surface area contributed by atoms with Gasteiger partial charge in [-0.3, -0.25) is 0 Å². The van der Waals surface area contributed by atoms with E-state index in [1.165, 1.54) is 0 Å². The third kappa shape index (κ3) is 3.83. The zero-order valence-corrected chi connectivity index (χ0v) is 14.7. The van der Waals surface area contributed by atoms with Gasteiger partial charge in [-0.15, -0.1) is 0 Å². The molecule has 25 heavy (non-hydrogen) atoms. The maximum absolute atomic E-state index is 6.29. The lowest BCUT2D eigenvalue weighted by molar-refractivity contribution is 0.378. The number of nitrogen functional groups attached to an aromatic ring is 1. The number of aryl methyl sites for hydroxylation is 1. The summed E-state index contributed by atoms with van der Waals surface area (Å²) in [6.07, 6.45) is 0.547. The number of nitrogens with zero attached hydrogens (tertiary/aromatic N) is 2. The molecular weight excluding hydrogens is 338 g/mol. The molecule has 1 heterocycles. The monoisotopic (exact) mass is 355 g/mol. The highest BCUT2D eigenvalue weighted by molar-refractivity contribution is 6.31. The number of hydrogen-bond acceptors (Lipinski definition) is 5. The van der Waals surface area contributed by atoms with Gasteiger partial charge < -0.3 is 15.2 Å². The minimum Gasteiger partial charge on any atom is -0.493 e. The van der Waals surface area contributed by atoms with E-state index in [2.05, 4.69) is 9.97 Å². The highest BCUT2D eigenvalue weighted by Gasteiger charge is 2.16. The van der Waals surface area contributed by atoms with Gasteiger partial charge in [0.05, 0.1) is 7.11 Å². The third-order valence-electron chi connectivity index (χ3n) is 3.79. The number of rotatable bonds is 5. The molecule has 3 rings (SSSR count). The summed E-state index contributed by atoms with van der Waals surface area (Å²) in [6.45, 7) is 2.04. The molecule has 0 saturated heterocycles. The number of ether oxygens (including phenoxy) is 2. The predicted molar refractivity (Wildman–Crippen MR) is 98.5 cm³/mol. The largest absolute Gasteiger partial charge is 0.493 e. The topological polar surface area (TPSA) is 70.3 Å². The van der Waals surface area contributed by atoms with Gasteiger partial charge in [-0.2, -0.15) is 0 Å². The van der Waals surface area contributed by atoms with Crippen molar-refractivity contribution in [1.29, 1.82) is 0 Å². The fraction of sp³-hybridized carbons (Fsp3) is 0.158. The van der Waals surface area contributed by atoms with E-state index < -0.39 is 0 Å². The van der Waals surface area contributed by atoms with Crippen molar-refractivity contribution in [3.8, 4) is 17.2 Å². The zero-order chi connectivity index (χ0) is 17.8. The first-order chi connectivity index (χ1) is 12.1. The molecule has 5 nitrogen and oxygen atoms in total. The number of anilines is 1. The first kappa shape index (κ1) is 17.0. The van der Waals surface area contributed by atoms with Crippen molar-refractivity contribution in [3.63, 3.8) is 0 Å². The van der Waals surface area contributed by atoms with Gasteiger partial charge in [-0.1, -0.05) is 48.0 Å². The van der Waals surface area contributed by atoms with Crippen LogP contribution in [-0.2, 0) is 6.42 Å². The van der Waals surface area contributed by atoms with Crippen LogP contribution in [0.5, 0.6) is 17.2 Å². The van der Waals surface area contributed by atoms with Gasteiger partial charge in [0, 0.05) is 6.42 Å². The van der Waals surface area contributed by atoms with Gasteiger partial charge in [-0.25, -0.2) is 9.97 Å². The van der Waals surface area contributed by atoms with Crippen LogP contribution in [0.1, 0.15) is 17.0 Å². The molecule has 0 fully saturated rings. The van der Waals surface area contributed by atoms with E-state index in [9.17, 15) is 0 Å². The van der Waals surface area contributed by atoms with Crippen molar-refractivity contribution >= 4 is 17.4 Å². The molecule has 0 aliphatic heterocycles. The zero-order valence-electron chi connectivity index (χ0n) is 14.0. The molecule has 0 aliphatic carbocycles. The maximum atomic E-state index is 6.29. The van der Waals surface area contributed by atoms with Crippen molar-refractivity contribution in [2.24, 2.45) is 0 Å². The number of methoxy groups -OCH3 is 1. The number of para-hydroxylation sites is 2. The van der Waals surface area contributed by atoms with Crippen molar-refractivity contribution in [2.75, 3.05) is 12.8 Å². The smallest absolute Gasteiger partial charge is 0.206 e. The first-order valence-electron chi connectivity index (χ1n) is 7.75. The van der Waals surface area contributed by atoms with Crippen LogP contribution in [0, 0.1) is 6.92 Å². The SMILES string of the molecule is COc1ccccc1Oc1c(N)nc(Cc2ccccc2C)nc1Cl. The number of nitrogens with two attached hydrogens (primary N) is 1. The lowest BCUT2D eigenvalue weighted by Gasteiger charge is -2.13. The van der Waals surface area contributed by atoms with Gasteiger partial charge in [0.15, 0.2) is 22.5 Å². The summed E-state index contributed by atoms with van der Waals surface area (Å²) in [5, 5.41) is 0.169. The molecule has 0 amide bonds. The van der Waals surface area contributed by atoms with E-state index in [4.69, 9.17) is 26.8 Å². The summed E-state index contributed by atoms with van der Waals surface area (Å²) in [7, 11) is 1.56. The van der Waals surface area contributed by atoms with Crippen LogP contribution in [0.3, 0.4) is 0 Å². The number of aromatic nitrogens is 2. The Hall–Kier alpha value is -2.79. The summed E-state index contributed by atoms with van der Waals surface area (Å²) in [5.74, 6) is 2.02. The normalized spacial score (nSPS) is 10.5. The highest BCUT2D eigenvalue weighted by Crippen LogP contribution is 2.37. The van der Waals surface area contributed by atoms with Crippen LogP contribution in [0.2, 0.25) is 5.15 Å². The quantitative estimate of drug-likeness (QED) is 0.686. The third-order valence-corrected chi connectivity index (χ3v) is 4.04. The van der Waals surface area contributed by atoms with E-state index in [1.54, 1.807) is 19.2 Å². The average Bonchev–Trinajstić information content (AvgIpc) is 2.60. The van der Waals surface area contributed by atoms with Gasteiger partial charge in [0.25, 0.3) is 0 Å². The summed E-state index contributed by atoms with van der Waals surface area (Å²) < 4.78 is 11.0. The van der Waals surface area contributed by atoms with E-state index in [0.29, 0.717) is 23.7 Å². The molecule has 0 aliphatic rings. The minimum absolute atomic E-state index is 0.169. The molecule has 0 unspecified atom stereocenters. The molecule has 6 heteroatoms. The molecule has 0 bridgehead atoms. The molecule has 3 aromatic rings. The van der Waals surface area contributed by atoms with Crippen molar-refractivity contribution in [1.82, 2.24) is 9.97 Å². The summed E-state index contributed by atoms with van der Waals surface area (Å²) >= 11 is 6.29. The van der Waals surface area contributed by atoms with Gasteiger partial charge >= 0.3 is 0 Å². The Morgan fingerprint density at radius 3 is 2.36 bits per heavy atom. The second-order valence-corrected chi connectivity index (χ2v) is 5.86. The molecule has 0 radical (unpaired) electrons. The molecule has 2 N–H and O–H groups in total. The fourth-order valence-electron chi connectivity index (χ4n) is 2.45. The molecule has 128 valence electrons. The van der Waals surface area contributed by atoms with Crippen molar-refractivity contribution in [2.45, 2.75) is 13.3 Å². The van der Waals surface area contributed by atoms with Crippen molar-refractivity contribution < 1.29 is 9.47 Å². The van der Waals surface area contributed by atoms with Crippen LogP contribution in [0.4, 0.5) is 5.82 Å². The van der Waals surface area contributed by atoms with Gasteiger partial charge in [0.1, 0.15) is 5.82 Å². The Balaban J connectivity index is 1.89. The summed E-state index contributed by atoms with van der Waals surface area (Å²) in [6, 6.07) is 15.3. The average molecular weight is 356 g/mol. The first-order valence-corrected chi connectivity index (χ1v) is 8.13. The molecule has 2 aromatic carbocycles. The van der Waals surface area contributed by atoms with Crippen LogP contribution >= 0.6 is 11.6 Å². The Morgan fingerprint density at radius 2 is 1.68 bits per heavy atom. The van der Waals surface area contributed by atoms with E-state index in [-0.39, 0.29) is 16.7 Å². The van der Waals surface area contributed by atoms with Crippen LogP contribution in [-0.4, -0.2) is 17.1 Å². The molecule has 0 spiro atoms. The van der Waals surface area contributed by atoms with Gasteiger partial charge in [0.2, 0.25) is 5.75 Å². The second kappa shape index (κ2) is 7.40. The van der Waals surface area contributed by atoms with Crippen molar-refractivity contribution in [3.05, 3.63) is 70.6 Å². The minimum atomic E-state index is 0.169. The van der Waals surface area contributed by atoms with E-state index >= 15 is 0 Å². The standard InChI is InChI=1S/C19H18ClN3O2/c1-12-7-3-4-8-13(12)11-16-22-18(20)17(19(21)23-16)25-15-10-6-5-9-14(15)24-2/h3-10H,11H2,1-2H3,(H2,21,22,23). The van der Waals surface area contributed by atoms with E-state index in [1.807, 2.05) is 43.3 Å². The van der Waals surface area contributed by atoms with E-state index in [0.717, 1.165) is 11.1 Å². The molecular formula is C19H18ClN3O2. The molecule has 0 atom stereocenters. The number of halogens is 1. The fourth-order valence-corrected chi connectivity index (χ4v) is 2.68. The lowest BCUT2D eigenvalue weighted by atomic mass is 10.1. The maximum Gasteiger partial charge on any atom is 0.206 e. The van der Waals surface area contributed by atoms with Crippen LogP contribution in [0.25, 0.3) is 0 Å². The Bertz CT molecular complexity index is 876. The van der Waals surface area contributed by atoms with Gasteiger partial charge in [-0.05, 0) is 30.2 Å². The summed E-state index contributed by atoms with van der Waals surface area (Å²) in [5.41, 5.74) is 8.34. The van der Waals surface area contributed by atoms with Crippen LogP contribution < -0.4 is 15.2 Å². The molecule has 0 saturated carbocycles.